The highest BCUT2D eigenvalue weighted by Gasteiger charge is 2.52. The van der Waals surface area contributed by atoms with Crippen LogP contribution in [0.5, 0.6) is 0 Å². The summed E-state index contributed by atoms with van der Waals surface area (Å²) in [6, 6.07) is 0. The minimum absolute atomic E-state index is 0.0854. The van der Waals surface area contributed by atoms with Gasteiger partial charge in [0.25, 0.3) is 0 Å². The molecule has 0 radical (unpaired) electrons. The first-order valence-electron chi connectivity index (χ1n) is 10.9. The van der Waals surface area contributed by atoms with Gasteiger partial charge in [0.1, 0.15) is 19.3 Å². The van der Waals surface area contributed by atoms with Crippen molar-refractivity contribution in [2.24, 2.45) is 5.11 Å². The van der Waals surface area contributed by atoms with E-state index in [1.807, 2.05) is 0 Å². The van der Waals surface area contributed by atoms with Crippen LogP contribution in [0.3, 0.4) is 0 Å². The molecule has 0 aliphatic carbocycles. The highest BCUT2D eigenvalue weighted by Crippen LogP contribution is 2.29. The molecule has 17 nitrogen and oxygen atoms in total. The van der Waals surface area contributed by atoms with Crippen LogP contribution >= 0.6 is 0 Å². The number of azide groups is 1. The highest BCUT2D eigenvalue weighted by molar-refractivity contribution is 5.85. The van der Waals surface area contributed by atoms with Crippen molar-refractivity contribution in [2.45, 2.75) is 58.4 Å². The van der Waals surface area contributed by atoms with Crippen LogP contribution in [0.1, 0.15) is 27.7 Å². The molecular weight excluding hydrogens is 502 g/mol. The maximum Gasteiger partial charge on any atom is 0.303 e. The van der Waals surface area contributed by atoms with E-state index in [2.05, 4.69) is 20.7 Å². The van der Waals surface area contributed by atoms with Crippen molar-refractivity contribution in [1.29, 1.82) is 0 Å². The van der Waals surface area contributed by atoms with Crippen LogP contribution < -0.4 is 10.6 Å². The standard InChI is InChI=1S/C20H29N5O12/c1-10(26)33-9-14-17(34-11(2)27)18(35-12(3)28)19(36-13(4)29)20(37-14)32-6-5-22-15(30)7-23-16(31)8-24-25-21/h14,17-20H,5-9H2,1-4H3,(H,22,30)(H,23,31)/t14?,17-,18?,19-,20+/m0/s1. The van der Waals surface area contributed by atoms with E-state index < -0.39 is 86.1 Å². The van der Waals surface area contributed by atoms with Gasteiger partial charge in [-0.1, -0.05) is 5.11 Å². The van der Waals surface area contributed by atoms with Crippen LogP contribution in [-0.4, -0.2) is 99.2 Å². The third-order valence-corrected chi connectivity index (χ3v) is 4.38. The Bertz CT molecular complexity index is 906. The summed E-state index contributed by atoms with van der Waals surface area (Å²) >= 11 is 0. The fourth-order valence-electron chi connectivity index (χ4n) is 3.08. The second-order valence-corrected chi connectivity index (χ2v) is 7.45. The molecule has 2 unspecified atom stereocenters. The average molecular weight is 531 g/mol. The van der Waals surface area contributed by atoms with Crippen LogP contribution in [-0.2, 0) is 57.2 Å². The zero-order valence-electron chi connectivity index (χ0n) is 20.7. The van der Waals surface area contributed by atoms with Gasteiger partial charge >= 0.3 is 23.9 Å². The Morgan fingerprint density at radius 1 is 0.838 bits per heavy atom. The summed E-state index contributed by atoms with van der Waals surface area (Å²) in [5.41, 5.74) is 8.17. The van der Waals surface area contributed by atoms with Crippen molar-refractivity contribution in [3.8, 4) is 0 Å². The van der Waals surface area contributed by atoms with Gasteiger partial charge in [-0.15, -0.1) is 0 Å². The molecule has 37 heavy (non-hydrogen) atoms. The average Bonchev–Trinajstić information content (AvgIpc) is 2.80. The lowest BCUT2D eigenvalue weighted by Gasteiger charge is -2.44. The van der Waals surface area contributed by atoms with Crippen molar-refractivity contribution in [1.82, 2.24) is 10.6 Å². The van der Waals surface area contributed by atoms with E-state index in [9.17, 15) is 28.8 Å². The molecule has 2 N–H and O–H groups in total. The van der Waals surface area contributed by atoms with Crippen molar-refractivity contribution in [3.63, 3.8) is 0 Å². The molecule has 17 heteroatoms. The molecule has 1 heterocycles. The maximum absolute atomic E-state index is 11.9. The number of amides is 2. The minimum Gasteiger partial charge on any atom is -0.463 e. The zero-order chi connectivity index (χ0) is 28.0. The van der Waals surface area contributed by atoms with Gasteiger partial charge in [-0.2, -0.15) is 0 Å². The Morgan fingerprint density at radius 3 is 2.00 bits per heavy atom. The summed E-state index contributed by atoms with van der Waals surface area (Å²) in [4.78, 5) is 72.2. The van der Waals surface area contributed by atoms with Gasteiger partial charge in [-0.05, 0) is 5.53 Å². The molecule has 1 aliphatic rings. The molecule has 5 atom stereocenters. The van der Waals surface area contributed by atoms with Crippen LogP contribution in [0.4, 0.5) is 0 Å². The van der Waals surface area contributed by atoms with Gasteiger partial charge in [0.15, 0.2) is 24.6 Å². The van der Waals surface area contributed by atoms with Gasteiger partial charge in [0.05, 0.1) is 13.2 Å². The minimum atomic E-state index is -1.39. The number of esters is 4. The molecule has 0 spiro atoms. The van der Waals surface area contributed by atoms with Gasteiger partial charge in [-0.3, -0.25) is 28.8 Å². The highest BCUT2D eigenvalue weighted by atomic mass is 16.7. The van der Waals surface area contributed by atoms with Gasteiger partial charge < -0.3 is 39.1 Å². The fourth-order valence-corrected chi connectivity index (χ4v) is 3.08. The second kappa shape index (κ2) is 15.9. The fraction of sp³-hybridized carbons (Fsp3) is 0.700. The van der Waals surface area contributed by atoms with Crippen LogP contribution in [0.15, 0.2) is 5.11 Å². The lowest BCUT2D eigenvalue weighted by molar-refractivity contribution is -0.307. The number of hydrogen-bond acceptors (Lipinski definition) is 13. The Labute approximate surface area is 211 Å². The van der Waals surface area contributed by atoms with E-state index >= 15 is 0 Å². The predicted octanol–water partition coefficient (Wildman–Crippen LogP) is -1.37. The molecule has 1 saturated heterocycles. The number of nitrogens with one attached hydrogen (secondary N) is 2. The molecule has 2 amide bonds. The zero-order valence-corrected chi connectivity index (χ0v) is 20.7. The van der Waals surface area contributed by atoms with E-state index in [-0.39, 0.29) is 13.2 Å². The maximum atomic E-state index is 11.9. The topological polar surface area (TPSA) is 231 Å². The molecule has 206 valence electrons. The van der Waals surface area contributed by atoms with Crippen LogP contribution in [0.25, 0.3) is 10.4 Å². The molecular formula is C20H29N5O12. The molecule has 0 aromatic carbocycles. The number of carbonyl (C=O) groups is 6. The van der Waals surface area contributed by atoms with E-state index in [1.165, 1.54) is 0 Å². The van der Waals surface area contributed by atoms with E-state index in [0.717, 1.165) is 27.7 Å². The summed E-state index contributed by atoms with van der Waals surface area (Å²) < 4.78 is 32.1. The summed E-state index contributed by atoms with van der Waals surface area (Å²) in [6.07, 6.45) is -6.66. The Hall–Kier alpha value is -3.95. The van der Waals surface area contributed by atoms with E-state index in [1.54, 1.807) is 0 Å². The molecule has 1 fully saturated rings. The largest absolute Gasteiger partial charge is 0.463 e. The van der Waals surface area contributed by atoms with Crippen molar-refractivity contribution >= 4 is 35.7 Å². The first-order chi connectivity index (χ1) is 17.4. The van der Waals surface area contributed by atoms with Gasteiger partial charge in [0.2, 0.25) is 11.8 Å². The smallest absolute Gasteiger partial charge is 0.303 e. The number of rotatable bonds is 13. The van der Waals surface area contributed by atoms with E-state index in [4.69, 9.17) is 34.0 Å². The third kappa shape index (κ3) is 12.0. The predicted molar refractivity (Wildman–Crippen MR) is 118 cm³/mol. The lowest BCUT2D eigenvalue weighted by Crippen LogP contribution is -2.63. The molecule has 1 rings (SSSR count). The van der Waals surface area contributed by atoms with Gasteiger partial charge in [0, 0.05) is 39.2 Å². The van der Waals surface area contributed by atoms with Crippen molar-refractivity contribution in [3.05, 3.63) is 10.4 Å². The number of nitrogens with zero attached hydrogens (tertiary/aromatic N) is 3. The molecule has 0 saturated carbocycles. The van der Waals surface area contributed by atoms with Crippen LogP contribution in [0.2, 0.25) is 0 Å². The van der Waals surface area contributed by atoms with E-state index in [0.29, 0.717) is 0 Å². The first-order valence-corrected chi connectivity index (χ1v) is 10.9. The SMILES string of the molecule is CC(=O)OCC1O[C@@H](OCCNC(=O)CNC(=O)CN=[N+]=[N-])[C@@H](OC(C)=O)C(OC(C)=O)[C@H]1OC(C)=O. The first kappa shape index (κ1) is 31.1. The summed E-state index contributed by atoms with van der Waals surface area (Å²) in [6.45, 7) is 2.86. The Balaban J connectivity index is 2.93. The third-order valence-electron chi connectivity index (χ3n) is 4.38. The molecule has 0 bridgehead atoms. The number of carbonyl (C=O) groups excluding carboxylic acids is 6. The number of hydrogen-bond donors (Lipinski definition) is 2. The summed E-state index contributed by atoms with van der Waals surface area (Å²) in [5, 5.41) is 7.75. The Kier molecular flexibility index (Phi) is 13.4. The molecule has 0 aromatic heterocycles. The van der Waals surface area contributed by atoms with Crippen molar-refractivity contribution < 1.29 is 57.2 Å². The normalized spacial score (nSPS) is 22.4. The summed E-state index contributed by atoms with van der Waals surface area (Å²) in [5.74, 6) is -4.25. The molecule has 1 aliphatic heterocycles. The second-order valence-electron chi connectivity index (χ2n) is 7.45. The van der Waals surface area contributed by atoms with Crippen molar-refractivity contribution in [2.75, 3.05) is 32.8 Å². The Morgan fingerprint density at radius 2 is 1.43 bits per heavy atom. The number of ether oxygens (including phenoxy) is 6. The quantitative estimate of drug-likeness (QED) is 0.0700. The monoisotopic (exact) mass is 531 g/mol. The van der Waals surface area contributed by atoms with Gasteiger partial charge in [-0.25, -0.2) is 0 Å². The molecule has 0 aromatic rings. The summed E-state index contributed by atoms with van der Waals surface area (Å²) in [7, 11) is 0. The van der Waals surface area contributed by atoms with Crippen LogP contribution in [0, 0.1) is 0 Å². The lowest BCUT2D eigenvalue weighted by atomic mass is 9.98.